The van der Waals surface area contributed by atoms with E-state index in [1.807, 2.05) is 0 Å². The van der Waals surface area contributed by atoms with Gasteiger partial charge in [-0.3, -0.25) is 10.1 Å². The van der Waals surface area contributed by atoms with E-state index in [1.165, 1.54) is 6.07 Å². The molecular weight excluding hydrogens is 215 g/mol. The Bertz CT molecular complexity index is 317. The SMILES string of the molecule is Cl.NCc1ccc(Cl)cc1[N+](=O)[O-]. The molecule has 0 aliphatic heterocycles. The summed E-state index contributed by atoms with van der Waals surface area (Å²) >= 11 is 5.57. The number of nitro groups is 1. The van der Waals surface area contributed by atoms with E-state index in [0.29, 0.717) is 10.6 Å². The Morgan fingerprint density at radius 3 is 2.62 bits per heavy atom. The minimum Gasteiger partial charge on any atom is -0.326 e. The van der Waals surface area contributed by atoms with Gasteiger partial charge in [0.15, 0.2) is 0 Å². The van der Waals surface area contributed by atoms with Crippen LogP contribution in [0.1, 0.15) is 5.56 Å². The van der Waals surface area contributed by atoms with Crippen LogP contribution in [-0.2, 0) is 6.54 Å². The van der Waals surface area contributed by atoms with Crippen molar-refractivity contribution in [2.45, 2.75) is 6.54 Å². The Kier molecular flexibility index (Phi) is 4.69. The number of hydrogen-bond acceptors (Lipinski definition) is 3. The summed E-state index contributed by atoms with van der Waals surface area (Å²) in [5, 5.41) is 10.8. The molecule has 0 aliphatic carbocycles. The minimum atomic E-state index is -0.492. The summed E-state index contributed by atoms with van der Waals surface area (Å²) in [6, 6.07) is 4.43. The molecule has 0 radical (unpaired) electrons. The zero-order valence-corrected chi connectivity index (χ0v) is 8.14. The summed E-state index contributed by atoms with van der Waals surface area (Å²) in [6.45, 7) is 0.146. The average Bonchev–Trinajstić information content (AvgIpc) is 2.04. The topological polar surface area (TPSA) is 69.2 Å². The molecule has 0 aromatic heterocycles. The van der Waals surface area contributed by atoms with E-state index in [4.69, 9.17) is 17.3 Å². The smallest absolute Gasteiger partial charge is 0.275 e. The third kappa shape index (κ3) is 2.84. The Morgan fingerprint density at radius 1 is 1.54 bits per heavy atom. The first-order valence-corrected chi connectivity index (χ1v) is 3.66. The second-order valence-electron chi connectivity index (χ2n) is 2.23. The lowest BCUT2D eigenvalue weighted by atomic mass is 10.2. The molecule has 0 aliphatic rings. The molecule has 0 amide bonds. The van der Waals surface area contributed by atoms with E-state index in [9.17, 15) is 10.1 Å². The third-order valence-electron chi connectivity index (χ3n) is 1.46. The van der Waals surface area contributed by atoms with Gasteiger partial charge < -0.3 is 5.73 Å². The largest absolute Gasteiger partial charge is 0.326 e. The van der Waals surface area contributed by atoms with Crippen molar-refractivity contribution in [3.63, 3.8) is 0 Å². The highest BCUT2D eigenvalue weighted by molar-refractivity contribution is 6.30. The van der Waals surface area contributed by atoms with Crippen LogP contribution in [-0.4, -0.2) is 4.92 Å². The molecule has 6 heteroatoms. The average molecular weight is 223 g/mol. The maximum Gasteiger partial charge on any atom is 0.275 e. The molecule has 1 aromatic rings. The van der Waals surface area contributed by atoms with Gasteiger partial charge in [-0.1, -0.05) is 11.6 Å². The summed E-state index contributed by atoms with van der Waals surface area (Å²) in [6.07, 6.45) is 0. The first-order chi connectivity index (χ1) is 5.65. The lowest BCUT2D eigenvalue weighted by molar-refractivity contribution is -0.385. The van der Waals surface area contributed by atoms with E-state index < -0.39 is 4.92 Å². The number of nitrogens with zero attached hydrogens (tertiary/aromatic N) is 1. The quantitative estimate of drug-likeness (QED) is 0.616. The fraction of sp³-hybridized carbons (Fsp3) is 0.143. The zero-order valence-electron chi connectivity index (χ0n) is 6.57. The van der Waals surface area contributed by atoms with Gasteiger partial charge in [-0.05, 0) is 12.1 Å². The standard InChI is InChI=1S/C7H7ClN2O2.ClH/c8-6-2-1-5(4-9)7(3-6)10(11)12;/h1-3H,4,9H2;1H. The van der Waals surface area contributed by atoms with Crippen molar-refractivity contribution in [2.75, 3.05) is 0 Å². The Hall–Kier alpha value is -0.840. The number of nitrogens with two attached hydrogens (primary N) is 1. The fourth-order valence-electron chi connectivity index (χ4n) is 0.880. The van der Waals surface area contributed by atoms with Crippen LogP contribution in [0.15, 0.2) is 18.2 Å². The van der Waals surface area contributed by atoms with E-state index >= 15 is 0 Å². The summed E-state index contributed by atoms with van der Waals surface area (Å²) in [5.74, 6) is 0. The van der Waals surface area contributed by atoms with Crippen LogP contribution >= 0.6 is 24.0 Å². The predicted octanol–water partition coefficient (Wildman–Crippen LogP) is 2.13. The number of halogens is 2. The molecule has 0 heterocycles. The molecule has 4 nitrogen and oxygen atoms in total. The molecule has 0 fully saturated rings. The lowest BCUT2D eigenvalue weighted by Gasteiger charge is -1.98. The zero-order chi connectivity index (χ0) is 9.14. The maximum absolute atomic E-state index is 10.4. The number of rotatable bonds is 2. The summed E-state index contributed by atoms with van der Waals surface area (Å²) in [4.78, 5) is 9.93. The van der Waals surface area contributed by atoms with Gasteiger partial charge in [0.1, 0.15) is 0 Å². The molecule has 1 aromatic carbocycles. The van der Waals surface area contributed by atoms with Crippen LogP contribution in [0.3, 0.4) is 0 Å². The highest BCUT2D eigenvalue weighted by Gasteiger charge is 2.11. The monoisotopic (exact) mass is 222 g/mol. The van der Waals surface area contributed by atoms with Crippen LogP contribution < -0.4 is 5.73 Å². The van der Waals surface area contributed by atoms with E-state index in [2.05, 4.69) is 0 Å². The molecule has 0 bridgehead atoms. The Labute approximate surface area is 86.2 Å². The van der Waals surface area contributed by atoms with Gasteiger partial charge in [0.05, 0.1) is 4.92 Å². The van der Waals surface area contributed by atoms with Gasteiger partial charge in [0.25, 0.3) is 5.69 Å². The van der Waals surface area contributed by atoms with Crippen molar-refractivity contribution in [1.29, 1.82) is 0 Å². The molecule has 0 unspecified atom stereocenters. The second kappa shape index (κ2) is 5.01. The van der Waals surface area contributed by atoms with Crippen molar-refractivity contribution >= 4 is 29.7 Å². The summed E-state index contributed by atoms with van der Waals surface area (Å²) < 4.78 is 0. The van der Waals surface area contributed by atoms with E-state index in [-0.39, 0.29) is 24.6 Å². The molecule has 0 atom stereocenters. The molecular formula is C7H8Cl2N2O2. The van der Waals surface area contributed by atoms with Crippen LogP contribution in [0.4, 0.5) is 5.69 Å². The number of benzene rings is 1. The second-order valence-corrected chi connectivity index (χ2v) is 2.67. The predicted molar refractivity (Wildman–Crippen MR) is 53.2 cm³/mol. The van der Waals surface area contributed by atoms with Crippen molar-refractivity contribution in [3.05, 3.63) is 38.9 Å². The van der Waals surface area contributed by atoms with Crippen molar-refractivity contribution < 1.29 is 4.92 Å². The van der Waals surface area contributed by atoms with Gasteiger partial charge in [0.2, 0.25) is 0 Å². The van der Waals surface area contributed by atoms with E-state index in [1.54, 1.807) is 12.1 Å². The molecule has 0 saturated heterocycles. The minimum absolute atomic E-state index is 0. The molecule has 72 valence electrons. The number of nitro benzene ring substituents is 1. The third-order valence-corrected chi connectivity index (χ3v) is 1.70. The van der Waals surface area contributed by atoms with Crippen molar-refractivity contribution in [3.8, 4) is 0 Å². The van der Waals surface area contributed by atoms with Gasteiger partial charge in [-0.25, -0.2) is 0 Å². The summed E-state index contributed by atoms with van der Waals surface area (Å²) in [5.41, 5.74) is 5.76. The van der Waals surface area contributed by atoms with Crippen molar-refractivity contribution in [2.24, 2.45) is 5.73 Å². The van der Waals surface area contributed by atoms with Crippen molar-refractivity contribution in [1.82, 2.24) is 0 Å². The Morgan fingerprint density at radius 2 is 2.15 bits per heavy atom. The van der Waals surface area contributed by atoms with E-state index in [0.717, 1.165) is 0 Å². The highest BCUT2D eigenvalue weighted by Crippen LogP contribution is 2.22. The molecule has 1 rings (SSSR count). The molecule has 13 heavy (non-hydrogen) atoms. The van der Waals surface area contributed by atoms with Crippen LogP contribution in [0.2, 0.25) is 5.02 Å². The van der Waals surface area contributed by atoms with Gasteiger partial charge in [0, 0.05) is 23.2 Å². The first-order valence-electron chi connectivity index (χ1n) is 3.28. The maximum atomic E-state index is 10.4. The van der Waals surface area contributed by atoms with Gasteiger partial charge >= 0.3 is 0 Å². The van der Waals surface area contributed by atoms with Crippen LogP contribution in [0.5, 0.6) is 0 Å². The number of hydrogen-bond donors (Lipinski definition) is 1. The van der Waals surface area contributed by atoms with Crippen LogP contribution in [0, 0.1) is 10.1 Å². The summed E-state index contributed by atoms with van der Waals surface area (Å²) in [7, 11) is 0. The van der Waals surface area contributed by atoms with Crippen LogP contribution in [0.25, 0.3) is 0 Å². The first kappa shape index (κ1) is 12.2. The molecule has 0 saturated carbocycles. The molecule has 0 spiro atoms. The van der Waals surface area contributed by atoms with Gasteiger partial charge in [-0.2, -0.15) is 0 Å². The molecule has 2 N–H and O–H groups in total. The van der Waals surface area contributed by atoms with Gasteiger partial charge in [-0.15, -0.1) is 12.4 Å². The normalized spacial score (nSPS) is 9.08. The lowest BCUT2D eigenvalue weighted by Crippen LogP contribution is -2.01. The Balaban J connectivity index is 0.00000144. The highest BCUT2D eigenvalue weighted by atomic mass is 35.5. The fourth-order valence-corrected chi connectivity index (χ4v) is 1.05.